The lowest BCUT2D eigenvalue weighted by atomic mass is 10.0. The second kappa shape index (κ2) is 13.0. The van der Waals surface area contributed by atoms with Gasteiger partial charge in [0, 0.05) is 67.1 Å². The number of nitrogens with zero attached hydrogens (tertiary/aromatic N) is 7. The van der Waals surface area contributed by atoms with E-state index in [4.69, 9.17) is 10.5 Å². The molecule has 3 aromatic heterocycles. The summed E-state index contributed by atoms with van der Waals surface area (Å²) in [6.07, 6.45) is 9.40. The number of piperidine rings is 1. The van der Waals surface area contributed by atoms with Crippen LogP contribution >= 0.6 is 12.4 Å². The molecule has 4 aromatic rings. The Morgan fingerprint density at radius 3 is 2.80 bits per heavy atom. The number of rotatable bonds is 9. The van der Waals surface area contributed by atoms with Gasteiger partial charge in [-0.25, -0.2) is 19.3 Å². The molecule has 0 unspecified atom stereocenters. The number of ether oxygens (including phenoxy) is 1. The average molecular weight is 568 g/mol. The van der Waals surface area contributed by atoms with Crippen LogP contribution in [0.4, 0.5) is 21.7 Å². The molecule has 1 aromatic carbocycles. The Kier molecular flexibility index (Phi) is 9.51. The van der Waals surface area contributed by atoms with Crippen LogP contribution in [-0.4, -0.2) is 76.5 Å². The van der Waals surface area contributed by atoms with E-state index in [1.165, 1.54) is 13.2 Å². The normalized spacial score (nSPS) is 15.2. The summed E-state index contributed by atoms with van der Waals surface area (Å²) in [4.78, 5) is 18.0. The van der Waals surface area contributed by atoms with Gasteiger partial charge >= 0.3 is 0 Å². The molecule has 1 saturated heterocycles. The summed E-state index contributed by atoms with van der Waals surface area (Å²) in [5.74, 6) is 1.23. The molecular weight excluding hydrogens is 533 g/mol. The molecule has 40 heavy (non-hydrogen) atoms. The van der Waals surface area contributed by atoms with Crippen LogP contribution in [0.3, 0.4) is 0 Å². The van der Waals surface area contributed by atoms with E-state index in [1.54, 1.807) is 24.4 Å². The lowest BCUT2D eigenvalue weighted by Gasteiger charge is -2.34. The van der Waals surface area contributed by atoms with E-state index < -0.39 is 5.82 Å². The minimum atomic E-state index is -0.455. The fourth-order valence-corrected chi connectivity index (χ4v) is 4.72. The maximum absolute atomic E-state index is 14.6. The summed E-state index contributed by atoms with van der Waals surface area (Å²) in [6.45, 7) is 3.36. The highest BCUT2D eigenvalue weighted by molar-refractivity contribution is 5.85. The van der Waals surface area contributed by atoms with Gasteiger partial charge in [-0.05, 0) is 45.1 Å². The summed E-state index contributed by atoms with van der Waals surface area (Å²) in [5.41, 5.74) is 9.57. The molecule has 0 spiro atoms. The van der Waals surface area contributed by atoms with E-state index in [2.05, 4.69) is 41.4 Å². The van der Waals surface area contributed by atoms with E-state index in [1.807, 2.05) is 37.2 Å². The number of likely N-dealkylation sites (N-methyl/N-ethyl adjacent to an activating group) is 1. The fraction of sp³-hybridized carbons (Fsp3) is 0.357. The van der Waals surface area contributed by atoms with Crippen LogP contribution in [0.5, 0.6) is 5.75 Å². The van der Waals surface area contributed by atoms with E-state index in [0.29, 0.717) is 17.4 Å². The Balaban J connectivity index is 0.00000370. The summed E-state index contributed by atoms with van der Waals surface area (Å²) >= 11 is 0. The molecule has 1 fully saturated rings. The molecule has 10 nitrogen and oxygen atoms in total. The van der Waals surface area contributed by atoms with Gasteiger partial charge in [0.2, 0.25) is 0 Å². The molecule has 0 aliphatic carbocycles. The summed E-state index contributed by atoms with van der Waals surface area (Å²) < 4.78 is 21.9. The number of nitrogens with two attached hydrogens (primary N) is 1. The molecule has 0 amide bonds. The van der Waals surface area contributed by atoms with E-state index in [-0.39, 0.29) is 29.8 Å². The van der Waals surface area contributed by atoms with Crippen LogP contribution in [0.1, 0.15) is 12.8 Å². The zero-order chi connectivity index (χ0) is 27.4. The van der Waals surface area contributed by atoms with E-state index in [9.17, 15) is 4.39 Å². The zero-order valence-corrected chi connectivity index (χ0v) is 23.7. The number of hydrogen-bond donors (Lipinski definition) is 2. The van der Waals surface area contributed by atoms with Gasteiger partial charge in [-0.15, -0.1) is 12.4 Å². The predicted octanol–water partition coefficient (Wildman–Crippen LogP) is 4.20. The minimum absolute atomic E-state index is 0. The SMILES string of the molecule is COc1cccc(F)c1-c1nccc(Nc2cc(N3CCC[C@H](N)C3)c(-c3cnn(CCN(C)C)c3)cn2)n1.Cl. The second-order valence-electron chi connectivity index (χ2n) is 9.94. The van der Waals surface area contributed by atoms with E-state index in [0.717, 1.165) is 55.8 Å². The quantitative estimate of drug-likeness (QED) is 0.307. The van der Waals surface area contributed by atoms with Crippen LogP contribution < -0.4 is 20.7 Å². The van der Waals surface area contributed by atoms with Gasteiger partial charge in [0.15, 0.2) is 5.82 Å². The number of aromatic nitrogens is 5. The van der Waals surface area contributed by atoms with Gasteiger partial charge in [-0.2, -0.15) is 5.10 Å². The van der Waals surface area contributed by atoms with Gasteiger partial charge in [-0.3, -0.25) is 4.68 Å². The number of anilines is 3. The number of pyridine rings is 1. The molecule has 1 aliphatic heterocycles. The smallest absolute Gasteiger partial charge is 0.168 e. The van der Waals surface area contributed by atoms with Crippen molar-refractivity contribution in [3.63, 3.8) is 0 Å². The summed E-state index contributed by atoms with van der Waals surface area (Å²) in [5, 5.41) is 7.83. The molecule has 0 radical (unpaired) electrons. The highest BCUT2D eigenvalue weighted by Gasteiger charge is 2.22. The van der Waals surface area contributed by atoms with Crippen LogP contribution in [0.2, 0.25) is 0 Å². The van der Waals surface area contributed by atoms with Crippen LogP contribution in [0.15, 0.2) is 55.1 Å². The molecule has 5 rings (SSSR count). The maximum atomic E-state index is 14.6. The summed E-state index contributed by atoms with van der Waals surface area (Å²) in [6, 6.07) is 8.47. The van der Waals surface area contributed by atoms with Crippen molar-refractivity contribution in [1.29, 1.82) is 0 Å². The molecular formula is C28H35ClFN9O. The molecule has 212 valence electrons. The Morgan fingerprint density at radius 1 is 1.18 bits per heavy atom. The predicted molar refractivity (Wildman–Crippen MR) is 158 cm³/mol. The average Bonchev–Trinajstić information content (AvgIpc) is 3.41. The molecule has 1 atom stereocenters. The second-order valence-corrected chi connectivity index (χ2v) is 9.94. The number of benzene rings is 1. The van der Waals surface area contributed by atoms with Crippen molar-refractivity contribution in [2.75, 3.05) is 51.1 Å². The third-order valence-corrected chi connectivity index (χ3v) is 6.73. The number of nitrogens with one attached hydrogen (secondary N) is 1. The lowest BCUT2D eigenvalue weighted by Crippen LogP contribution is -2.43. The van der Waals surface area contributed by atoms with Crippen molar-refractivity contribution < 1.29 is 9.13 Å². The first-order chi connectivity index (χ1) is 18.9. The van der Waals surface area contributed by atoms with Crippen LogP contribution in [0.25, 0.3) is 22.5 Å². The van der Waals surface area contributed by atoms with Gasteiger partial charge < -0.3 is 25.6 Å². The van der Waals surface area contributed by atoms with Crippen molar-refractivity contribution in [3.05, 3.63) is 60.9 Å². The lowest BCUT2D eigenvalue weighted by molar-refractivity contribution is 0.373. The first-order valence-corrected chi connectivity index (χ1v) is 13.0. The summed E-state index contributed by atoms with van der Waals surface area (Å²) in [7, 11) is 5.59. The largest absolute Gasteiger partial charge is 0.496 e. The van der Waals surface area contributed by atoms with Crippen molar-refractivity contribution >= 4 is 29.7 Å². The first kappa shape index (κ1) is 29.2. The molecule has 0 bridgehead atoms. The van der Waals surface area contributed by atoms with Gasteiger partial charge in [-0.1, -0.05) is 6.07 Å². The van der Waals surface area contributed by atoms with Gasteiger partial charge in [0.25, 0.3) is 0 Å². The molecule has 0 saturated carbocycles. The molecule has 3 N–H and O–H groups in total. The van der Waals surface area contributed by atoms with Crippen LogP contribution in [-0.2, 0) is 6.54 Å². The van der Waals surface area contributed by atoms with Crippen molar-refractivity contribution in [2.45, 2.75) is 25.4 Å². The Bertz CT molecular complexity index is 1430. The van der Waals surface area contributed by atoms with Crippen molar-refractivity contribution in [2.24, 2.45) is 5.73 Å². The Labute approximate surface area is 239 Å². The molecule has 4 heterocycles. The van der Waals surface area contributed by atoms with E-state index >= 15 is 0 Å². The highest BCUT2D eigenvalue weighted by Crippen LogP contribution is 2.35. The number of hydrogen-bond acceptors (Lipinski definition) is 9. The standard InChI is InChI=1S/C28H34FN9O.ClH/c1-36(2)12-13-38-17-19(15-33-38)21-16-32-26(14-23(21)37-11-5-6-20(30)18-37)34-25-9-10-31-28(35-25)27-22(29)7-4-8-24(27)39-3;/h4,7-10,14-17,20H,5-6,11-13,18,30H2,1-3H3,(H,31,32,34,35);1H/t20-;/m0./s1. The van der Waals surface area contributed by atoms with Crippen molar-refractivity contribution in [3.8, 4) is 28.3 Å². The third kappa shape index (κ3) is 6.67. The monoisotopic (exact) mass is 567 g/mol. The molecule has 12 heteroatoms. The van der Waals surface area contributed by atoms with Gasteiger partial charge in [0.05, 0.1) is 25.4 Å². The zero-order valence-electron chi connectivity index (χ0n) is 22.9. The Hall–Kier alpha value is -3.80. The first-order valence-electron chi connectivity index (χ1n) is 13.0. The Morgan fingerprint density at radius 2 is 2.02 bits per heavy atom. The van der Waals surface area contributed by atoms with Gasteiger partial charge in [0.1, 0.15) is 23.2 Å². The van der Waals surface area contributed by atoms with Crippen molar-refractivity contribution in [1.82, 2.24) is 29.6 Å². The number of methoxy groups -OCH3 is 1. The third-order valence-electron chi connectivity index (χ3n) is 6.73. The number of halogens is 2. The fourth-order valence-electron chi connectivity index (χ4n) is 4.72. The van der Waals surface area contributed by atoms with Crippen LogP contribution in [0, 0.1) is 5.82 Å². The maximum Gasteiger partial charge on any atom is 0.168 e. The highest BCUT2D eigenvalue weighted by atomic mass is 35.5. The minimum Gasteiger partial charge on any atom is -0.496 e. The topological polar surface area (TPSA) is 110 Å². The molecule has 1 aliphatic rings.